The monoisotopic (exact) mass is 256 g/mol. The molecule has 0 unspecified atom stereocenters. The first kappa shape index (κ1) is 13.2. The van der Waals surface area contributed by atoms with Crippen molar-refractivity contribution in [3.8, 4) is 0 Å². The Kier molecular flexibility index (Phi) is 4.28. The highest BCUT2D eigenvalue weighted by Crippen LogP contribution is 2.12. The summed E-state index contributed by atoms with van der Waals surface area (Å²) in [6, 6.07) is 1.57. The van der Waals surface area contributed by atoms with Crippen LogP contribution in [0.2, 0.25) is 0 Å². The number of pyridine rings is 1. The Morgan fingerprint density at radius 2 is 2.29 bits per heavy atom. The molecular weight excluding hydrogens is 244 g/mol. The van der Waals surface area contributed by atoms with E-state index in [1.807, 2.05) is 0 Å². The summed E-state index contributed by atoms with van der Waals surface area (Å²) in [6.45, 7) is 1.05. The zero-order chi connectivity index (χ0) is 11.5. The van der Waals surface area contributed by atoms with E-state index in [4.69, 9.17) is 5.73 Å². The fourth-order valence-electron chi connectivity index (χ4n) is 1.57. The highest BCUT2D eigenvalue weighted by Gasteiger charge is 2.23. The van der Waals surface area contributed by atoms with E-state index in [0.29, 0.717) is 24.3 Å². The molecule has 1 aliphatic heterocycles. The van der Waals surface area contributed by atoms with Crippen molar-refractivity contribution in [2.75, 3.05) is 25.4 Å². The molecule has 0 saturated carbocycles. The Balaban J connectivity index is 0.00000144. The number of nitrogens with zero attached hydrogens (tertiary/aromatic N) is 2. The molecule has 17 heavy (non-hydrogen) atoms. The maximum Gasteiger partial charge on any atom is 0.258 e. The number of piperazine rings is 1. The molecule has 0 aromatic carbocycles. The molecule has 0 bridgehead atoms. The average molecular weight is 257 g/mol. The summed E-state index contributed by atoms with van der Waals surface area (Å²) in [7, 11) is 0. The van der Waals surface area contributed by atoms with Crippen LogP contribution in [0.5, 0.6) is 0 Å². The molecule has 0 radical (unpaired) electrons. The summed E-state index contributed by atoms with van der Waals surface area (Å²) >= 11 is 0. The molecule has 2 amide bonds. The number of nitrogen functional groups attached to an aromatic ring is 1. The molecule has 1 aliphatic rings. The third kappa shape index (κ3) is 2.85. The lowest BCUT2D eigenvalue weighted by molar-refractivity contribution is -0.123. The Morgan fingerprint density at radius 1 is 1.53 bits per heavy atom. The average Bonchev–Trinajstić information content (AvgIpc) is 2.29. The molecule has 1 aromatic rings. The topological polar surface area (TPSA) is 88.3 Å². The number of aromatic nitrogens is 1. The molecule has 2 rings (SSSR count). The fraction of sp³-hybridized carbons (Fsp3) is 0.300. The Hall–Kier alpha value is -1.82. The zero-order valence-electron chi connectivity index (χ0n) is 9.05. The first-order valence-corrected chi connectivity index (χ1v) is 4.94. The lowest BCUT2D eigenvalue weighted by Crippen LogP contribution is -2.50. The number of halogens is 1. The highest BCUT2D eigenvalue weighted by atomic mass is 35.5. The van der Waals surface area contributed by atoms with Crippen molar-refractivity contribution in [3.05, 3.63) is 24.0 Å². The van der Waals surface area contributed by atoms with Gasteiger partial charge in [0.15, 0.2) is 0 Å². The molecule has 7 heteroatoms. The summed E-state index contributed by atoms with van der Waals surface area (Å²) in [4.78, 5) is 28.5. The van der Waals surface area contributed by atoms with Gasteiger partial charge in [-0.3, -0.25) is 14.6 Å². The van der Waals surface area contributed by atoms with Gasteiger partial charge in [0.05, 0.1) is 12.1 Å². The first-order valence-electron chi connectivity index (χ1n) is 4.94. The molecule has 0 atom stereocenters. The van der Waals surface area contributed by atoms with Gasteiger partial charge in [0, 0.05) is 31.2 Å². The van der Waals surface area contributed by atoms with Gasteiger partial charge in [-0.05, 0) is 6.07 Å². The molecule has 1 saturated heterocycles. The lowest BCUT2D eigenvalue weighted by atomic mass is 10.2. The molecule has 2 heterocycles. The fourth-order valence-corrected chi connectivity index (χ4v) is 1.57. The summed E-state index contributed by atoms with van der Waals surface area (Å²) in [5, 5.41) is 2.65. The van der Waals surface area contributed by atoms with Crippen LogP contribution in [0, 0.1) is 0 Å². The lowest BCUT2D eigenvalue weighted by Gasteiger charge is -2.26. The van der Waals surface area contributed by atoms with Crippen molar-refractivity contribution in [2.45, 2.75) is 0 Å². The van der Waals surface area contributed by atoms with Gasteiger partial charge in [-0.1, -0.05) is 0 Å². The Labute approximate surface area is 105 Å². The molecule has 0 spiro atoms. The van der Waals surface area contributed by atoms with Crippen LogP contribution in [0.3, 0.4) is 0 Å². The van der Waals surface area contributed by atoms with Crippen LogP contribution in [0.15, 0.2) is 18.5 Å². The van der Waals surface area contributed by atoms with Crippen LogP contribution in [0.25, 0.3) is 0 Å². The van der Waals surface area contributed by atoms with Gasteiger partial charge in [-0.2, -0.15) is 0 Å². The Bertz CT molecular complexity index is 438. The molecular formula is C10H13ClN4O2. The number of nitrogens with one attached hydrogen (secondary N) is 1. The van der Waals surface area contributed by atoms with Crippen molar-refractivity contribution >= 4 is 29.9 Å². The van der Waals surface area contributed by atoms with E-state index in [1.54, 1.807) is 6.07 Å². The van der Waals surface area contributed by atoms with Crippen LogP contribution >= 0.6 is 12.4 Å². The van der Waals surface area contributed by atoms with Gasteiger partial charge in [-0.15, -0.1) is 12.4 Å². The zero-order valence-corrected chi connectivity index (χ0v) is 9.87. The maximum absolute atomic E-state index is 12.0. The molecule has 3 N–H and O–H groups in total. The van der Waals surface area contributed by atoms with E-state index < -0.39 is 0 Å². The number of anilines is 1. The van der Waals surface area contributed by atoms with E-state index in [0.717, 1.165) is 0 Å². The second kappa shape index (κ2) is 5.49. The minimum absolute atomic E-state index is 0. The maximum atomic E-state index is 12.0. The number of rotatable bonds is 1. The number of amides is 2. The molecule has 6 nitrogen and oxygen atoms in total. The number of carbonyl (C=O) groups excluding carboxylic acids is 2. The third-order valence-electron chi connectivity index (χ3n) is 2.41. The molecule has 92 valence electrons. The van der Waals surface area contributed by atoms with Gasteiger partial charge >= 0.3 is 0 Å². The molecule has 1 fully saturated rings. The second-order valence-corrected chi connectivity index (χ2v) is 3.54. The van der Waals surface area contributed by atoms with E-state index in [9.17, 15) is 9.59 Å². The summed E-state index contributed by atoms with van der Waals surface area (Å²) in [5.41, 5.74) is 6.40. The van der Waals surface area contributed by atoms with E-state index in [2.05, 4.69) is 10.3 Å². The highest BCUT2D eigenvalue weighted by molar-refractivity contribution is 6.00. The first-order chi connectivity index (χ1) is 7.68. The normalized spacial score (nSPS) is 14.8. The van der Waals surface area contributed by atoms with E-state index in [-0.39, 0.29) is 30.8 Å². The number of hydrogen-bond donors (Lipinski definition) is 2. The molecule has 1 aromatic heterocycles. The van der Waals surface area contributed by atoms with Crippen LogP contribution < -0.4 is 11.1 Å². The quantitative estimate of drug-likeness (QED) is 0.719. The van der Waals surface area contributed by atoms with Crippen molar-refractivity contribution in [1.82, 2.24) is 15.2 Å². The summed E-state index contributed by atoms with van der Waals surface area (Å²) < 4.78 is 0. The predicted octanol–water partition coefficient (Wildman–Crippen LogP) is -0.342. The van der Waals surface area contributed by atoms with Crippen LogP contribution in [-0.4, -0.2) is 41.3 Å². The van der Waals surface area contributed by atoms with Gasteiger partial charge < -0.3 is 16.0 Å². The summed E-state index contributed by atoms with van der Waals surface area (Å²) in [6.07, 6.45) is 2.94. The minimum atomic E-state index is -0.250. The van der Waals surface area contributed by atoms with Gasteiger partial charge in [0.2, 0.25) is 5.91 Å². The number of carbonyl (C=O) groups is 2. The van der Waals surface area contributed by atoms with Crippen molar-refractivity contribution in [3.63, 3.8) is 0 Å². The molecule has 0 aliphatic carbocycles. The van der Waals surface area contributed by atoms with Crippen molar-refractivity contribution < 1.29 is 9.59 Å². The predicted molar refractivity (Wildman–Crippen MR) is 64.8 cm³/mol. The SMILES string of the molecule is Cl.Nc1ccncc1C(=O)N1CCNC(=O)C1. The van der Waals surface area contributed by atoms with Crippen LogP contribution in [0.4, 0.5) is 5.69 Å². The summed E-state index contributed by atoms with van der Waals surface area (Å²) in [5.74, 6) is -0.400. The van der Waals surface area contributed by atoms with Crippen LogP contribution in [0.1, 0.15) is 10.4 Å². The number of nitrogens with two attached hydrogens (primary N) is 1. The van der Waals surface area contributed by atoms with Gasteiger partial charge in [-0.25, -0.2) is 0 Å². The van der Waals surface area contributed by atoms with Gasteiger partial charge in [0.1, 0.15) is 0 Å². The van der Waals surface area contributed by atoms with Crippen molar-refractivity contribution in [2.24, 2.45) is 0 Å². The smallest absolute Gasteiger partial charge is 0.258 e. The number of hydrogen-bond acceptors (Lipinski definition) is 4. The van der Waals surface area contributed by atoms with Crippen LogP contribution in [-0.2, 0) is 4.79 Å². The van der Waals surface area contributed by atoms with Gasteiger partial charge in [0.25, 0.3) is 5.91 Å². The van der Waals surface area contributed by atoms with Crippen molar-refractivity contribution in [1.29, 1.82) is 0 Å². The van der Waals surface area contributed by atoms with E-state index in [1.165, 1.54) is 17.3 Å². The third-order valence-corrected chi connectivity index (χ3v) is 2.41. The Morgan fingerprint density at radius 3 is 2.94 bits per heavy atom. The standard InChI is InChI=1S/C10H12N4O2.ClH/c11-8-1-2-12-5-7(8)10(16)14-4-3-13-9(15)6-14;/h1-2,5H,3-4,6H2,(H2,11,12)(H,13,15);1H. The van der Waals surface area contributed by atoms with E-state index >= 15 is 0 Å². The minimum Gasteiger partial charge on any atom is -0.398 e. The largest absolute Gasteiger partial charge is 0.398 e. The second-order valence-electron chi connectivity index (χ2n) is 3.54.